The highest BCUT2D eigenvalue weighted by Crippen LogP contribution is 2.21. The fourth-order valence-electron chi connectivity index (χ4n) is 1.03. The Morgan fingerprint density at radius 2 is 1.69 bits per heavy atom. The van der Waals surface area contributed by atoms with Gasteiger partial charge in [-0.1, -0.05) is 11.6 Å². The largest absolute Gasteiger partial charge is 0.493 e. The van der Waals surface area contributed by atoms with Gasteiger partial charge in [0.2, 0.25) is 0 Å². The third-order valence-electron chi connectivity index (χ3n) is 2.31. The summed E-state index contributed by atoms with van der Waals surface area (Å²) in [5.74, 6) is 0.758. The molecule has 0 aliphatic carbocycles. The van der Waals surface area contributed by atoms with Gasteiger partial charge >= 0.3 is 0 Å². The van der Waals surface area contributed by atoms with Crippen LogP contribution < -0.4 is 4.74 Å². The van der Waals surface area contributed by atoms with Crippen LogP contribution in [0.1, 0.15) is 0 Å². The predicted octanol–water partition coefficient (Wildman–Crippen LogP) is 1.93. The zero-order chi connectivity index (χ0) is 12.0. The molecule has 5 heteroatoms. The molecule has 0 unspecified atom stereocenters. The molecule has 16 heavy (non-hydrogen) atoms. The lowest BCUT2D eigenvalue weighted by molar-refractivity contribution is 0.0314. The number of ether oxygens (including phenoxy) is 1. The van der Waals surface area contributed by atoms with Crippen LogP contribution in [0.4, 0.5) is 0 Å². The zero-order valence-corrected chi connectivity index (χ0v) is 10.2. The number of hydrogen-bond acceptors (Lipinski definition) is 3. The van der Waals surface area contributed by atoms with Crippen molar-refractivity contribution < 1.29 is 14.9 Å². The smallest absolute Gasteiger partial charge is 0.119 e. The van der Waals surface area contributed by atoms with Crippen LogP contribution in [0.2, 0.25) is 5.02 Å². The number of aliphatic hydroxyl groups is 2. The van der Waals surface area contributed by atoms with E-state index in [0.717, 1.165) is 0 Å². The van der Waals surface area contributed by atoms with Crippen LogP contribution >= 0.6 is 23.2 Å². The molecular formula is C11H14Cl2O3. The van der Waals surface area contributed by atoms with E-state index in [0.29, 0.717) is 10.8 Å². The Morgan fingerprint density at radius 3 is 2.12 bits per heavy atom. The van der Waals surface area contributed by atoms with Crippen LogP contribution in [0, 0.1) is 5.41 Å². The number of hydrogen-bond donors (Lipinski definition) is 2. The lowest BCUT2D eigenvalue weighted by Gasteiger charge is -2.26. The van der Waals surface area contributed by atoms with Gasteiger partial charge in [-0.25, -0.2) is 0 Å². The number of benzene rings is 1. The van der Waals surface area contributed by atoms with Gasteiger partial charge in [0.1, 0.15) is 5.75 Å². The quantitative estimate of drug-likeness (QED) is 0.773. The molecule has 0 amide bonds. The minimum absolute atomic E-state index is 0.133. The lowest BCUT2D eigenvalue weighted by atomic mass is 9.94. The van der Waals surface area contributed by atoms with E-state index >= 15 is 0 Å². The second kappa shape index (κ2) is 6.30. The summed E-state index contributed by atoms with van der Waals surface area (Å²) in [5, 5.41) is 18.9. The average Bonchev–Trinajstić information content (AvgIpc) is 2.34. The first-order valence-corrected chi connectivity index (χ1v) is 5.73. The number of halogens is 2. The SMILES string of the molecule is OCC(CO)(CCl)COc1ccc(Cl)cc1. The van der Waals surface area contributed by atoms with Crippen LogP contribution in [-0.4, -0.2) is 35.9 Å². The average molecular weight is 265 g/mol. The molecule has 0 heterocycles. The first-order valence-electron chi connectivity index (χ1n) is 4.82. The number of rotatable bonds is 6. The first kappa shape index (κ1) is 13.6. The summed E-state index contributed by atoms with van der Waals surface area (Å²) in [5.41, 5.74) is -0.804. The van der Waals surface area contributed by atoms with Crippen LogP contribution in [0.3, 0.4) is 0 Å². The molecule has 0 bridgehead atoms. The summed E-state index contributed by atoms with van der Waals surface area (Å²) < 4.78 is 5.44. The van der Waals surface area contributed by atoms with Gasteiger partial charge in [-0.15, -0.1) is 11.6 Å². The van der Waals surface area contributed by atoms with Crippen molar-refractivity contribution in [1.82, 2.24) is 0 Å². The molecule has 0 aliphatic heterocycles. The maximum Gasteiger partial charge on any atom is 0.119 e. The topological polar surface area (TPSA) is 49.7 Å². The van der Waals surface area contributed by atoms with E-state index < -0.39 is 5.41 Å². The molecule has 90 valence electrons. The Morgan fingerprint density at radius 1 is 1.12 bits per heavy atom. The van der Waals surface area contributed by atoms with Gasteiger partial charge in [0.15, 0.2) is 0 Å². The molecule has 0 saturated heterocycles. The van der Waals surface area contributed by atoms with E-state index in [-0.39, 0.29) is 25.7 Å². The lowest BCUT2D eigenvalue weighted by Crippen LogP contribution is -2.38. The summed E-state index contributed by atoms with van der Waals surface area (Å²) in [7, 11) is 0. The summed E-state index contributed by atoms with van der Waals surface area (Å²) in [6.45, 7) is -0.285. The van der Waals surface area contributed by atoms with Crippen molar-refractivity contribution >= 4 is 23.2 Å². The maximum absolute atomic E-state index is 9.15. The van der Waals surface area contributed by atoms with Crippen molar-refractivity contribution in [3.63, 3.8) is 0 Å². The summed E-state index contributed by atoms with van der Waals surface area (Å²) >= 11 is 11.4. The van der Waals surface area contributed by atoms with Crippen LogP contribution in [-0.2, 0) is 0 Å². The number of alkyl halides is 1. The van der Waals surface area contributed by atoms with Gasteiger partial charge in [0.05, 0.1) is 25.2 Å². The fraction of sp³-hybridized carbons (Fsp3) is 0.455. The van der Waals surface area contributed by atoms with Crippen molar-refractivity contribution in [3.8, 4) is 5.75 Å². The molecule has 1 aromatic carbocycles. The zero-order valence-electron chi connectivity index (χ0n) is 8.70. The molecular weight excluding hydrogens is 251 g/mol. The Bertz CT molecular complexity index is 301. The molecule has 0 saturated carbocycles. The van der Waals surface area contributed by atoms with Crippen molar-refractivity contribution in [2.75, 3.05) is 25.7 Å². The van der Waals surface area contributed by atoms with Gasteiger partial charge in [-0.2, -0.15) is 0 Å². The minimum Gasteiger partial charge on any atom is -0.493 e. The Kier molecular flexibility index (Phi) is 5.35. The third-order valence-corrected chi connectivity index (χ3v) is 3.13. The molecule has 1 aromatic rings. The van der Waals surface area contributed by atoms with Gasteiger partial charge < -0.3 is 14.9 Å². The van der Waals surface area contributed by atoms with Crippen LogP contribution in [0.15, 0.2) is 24.3 Å². The van der Waals surface area contributed by atoms with E-state index in [1.165, 1.54) is 0 Å². The summed E-state index contributed by atoms with van der Waals surface area (Å²) in [6, 6.07) is 6.85. The molecule has 0 fully saturated rings. The van der Waals surface area contributed by atoms with Gasteiger partial charge in [0, 0.05) is 10.9 Å². The van der Waals surface area contributed by atoms with Crippen molar-refractivity contribution in [2.24, 2.45) is 5.41 Å². The Labute approximate surface area is 105 Å². The second-order valence-electron chi connectivity index (χ2n) is 3.69. The maximum atomic E-state index is 9.15. The molecule has 3 nitrogen and oxygen atoms in total. The molecule has 0 aromatic heterocycles. The molecule has 0 aliphatic rings. The molecule has 0 atom stereocenters. The highest BCUT2D eigenvalue weighted by atomic mass is 35.5. The first-order chi connectivity index (χ1) is 7.65. The normalized spacial score (nSPS) is 11.5. The third kappa shape index (κ3) is 3.52. The Balaban J connectivity index is 2.58. The highest BCUT2D eigenvalue weighted by Gasteiger charge is 2.29. The van der Waals surface area contributed by atoms with Gasteiger partial charge in [0.25, 0.3) is 0 Å². The van der Waals surface area contributed by atoms with Gasteiger partial charge in [-0.3, -0.25) is 0 Å². The highest BCUT2D eigenvalue weighted by molar-refractivity contribution is 6.30. The monoisotopic (exact) mass is 264 g/mol. The second-order valence-corrected chi connectivity index (χ2v) is 4.40. The van der Waals surface area contributed by atoms with Crippen molar-refractivity contribution in [3.05, 3.63) is 29.3 Å². The Hall–Kier alpha value is -0.480. The van der Waals surface area contributed by atoms with Crippen LogP contribution in [0.25, 0.3) is 0 Å². The van der Waals surface area contributed by atoms with E-state index in [4.69, 9.17) is 38.2 Å². The van der Waals surface area contributed by atoms with E-state index in [9.17, 15) is 0 Å². The number of aliphatic hydroxyl groups excluding tert-OH is 2. The van der Waals surface area contributed by atoms with Gasteiger partial charge in [-0.05, 0) is 24.3 Å². The predicted molar refractivity (Wildman–Crippen MR) is 64.3 cm³/mol. The van der Waals surface area contributed by atoms with E-state index in [1.54, 1.807) is 24.3 Å². The summed E-state index contributed by atoms with van der Waals surface area (Å²) in [6.07, 6.45) is 0. The standard InChI is InChI=1S/C11H14Cl2O3/c12-5-11(6-14,7-15)8-16-10-3-1-9(13)2-4-10/h1-4,14-15H,5-8H2. The molecule has 0 radical (unpaired) electrons. The van der Waals surface area contributed by atoms with Crippen LogP contribution in [0.5, 0.6) is 5.75 Å². The minimum atomic E-state index is -0.804. The van der Waals surface area contributed by atoms with E-state index in [2.05, 4.69) is 0 Å². The fourth-order valence-corrected chi connectivity index (χ4v) is 1.40. The summed E-state index contributed by atoms with van der Waals surface area (Å²) in [4.78, 5) is 0. The van der Waals surface area contributed by atoms with E-state index in [1.807, 2.05) is 0 Å². The molecule has 1 rings (SSSR count). The van der Waals surface area contributed by atoms with Crippen molar-refractivity contribution in [2.45, 2.75) is 0 Å². The molecule has 0 spiro atoms. The van der Waals surface area contributed by atoms with Crippen molar-refractivity contribution in [1.29, 1.82) is 0 Å². The molecule has 2 N–H and O–H groups in total.